The molecule has 0 radical (unpaired) electrons. The maximum Gasteiger partial charge on any atom is 0.317 e. The molecule has 4 saturated carbocycles. The maximum absolute atomic E-state index is 13.2. The first-order valence-corrected chi connectivity index (χ1v) is 27.9. The quantitative estimate of drug-likeness (QED) is 0.0411. The summed E-state index contributed by atoms with van der Waals surface area (Å²) < 4.78 is 56.6. The largest absolute Gasteiger partial charge is 0.462 e. The minimum absolute atomic E-state index is 0.00719. The minimum atomic E-state index is -1.99. The molecule has 9 fully saturated rings. The van der Waals surface area contributed by atoms with Gasteiger partial charge in [-0.2, -0.15) is 0 Å². The lowest BCUT2D eigenvalue weighted by atomic mass is 9.72. The number of aliphatic hydroxyl groups is 18. The Morgan fingerprint density at radius 1 is 0.475 bits per heavy atom. The molecule has 0 bridgehead atoms. The van der Waals surface area contributed by atoms with E-state index >= 15 is 0 Å². The number of ether oxygens (including phenoxy) is 10. The molecule has 17 N–H and O–H groups in total. The number of hydrogen-bond acceptors (Lipinski definition) is 28. The fourth-order valence-electron chi connectivity index (χ4n) is 13.4. The molecule has 0 aromatic heterocycles. The summed E-state index contributed by atoms with van der Waals surface area (Å²) in [4.78, 5) is 38.9. The van der Waals surface area contributed by atoms with E-state index in [1.54, 1.807) is 0 Å². The SMILES string of the molecule is O=C(CC(=O)OCC1OC(OC2CC(O)C3C(=O)CC(C4CCC(O)CC4)OC3C2)C(O)C(O)C1O)OCC1OC(OCC2OC(OC3CC4C(O)CC(O)CC4[OH+]C3C3CC(O)C(O)C(O)C3)C(O)C(O)C2O)C(O)C(O)C1O. The van der Waals surface area contributed by atoms with Crippen LogP contribution >= 0.6 is 0 Å². The first-order valence-electron chi connectivity index (χ1n) is 27.9. The van der Waals surface area contributed by atoms with Gasteiger partial charge < -0.3 is 129 Å². The van der Waals surface area contributed by atoms with Crippen molar-refractivity contribution < 1.29 is 143 Å². The molecule has 28 atom stereocenters. The summed E-state index contributed by atoms with van der Waals surface area (Å²) in [5.41, 5.74) is 0. The van der Waals surface area contributed by atoms with Gasteiger partial charge in [0.15, 0.2) is 31.1 Å². The Bertz CT molecular complexity index is 2040. The molecule has 5 aliphatic heterocycles. The van der Waals surface area contributed by atoms with Crippen molar-refractivity contribution in [2.75, 3.05) is 19.8 Å². The summed E-state index contributed by atoms with van der Waals surface area (Å²) in [5, 5.41) is 171. The van der Waals surface area contributed by atoms with Crippen molar-refractivity contribution in [1.82, 2.24) is 0 Å². The molecule has 29 nitrogen and oxygen atoms in total. The third kappa shape index (κ3) is 13.8. The number of esters is 2. The van der Waals surface area contributed by atoms with Gasteiger partial charge in [0.1, 0.15) is 111 Å². The van der Waals surface area contributed by atoms with E-state index < -0.39 is 227 Å². The van der Waals surface area contributed by atoms with Crippen LogP contribution in [0.3, 0.4) is 0 Å². The predicted molar refractivity (Wildman–Crippen MR) is 257 cm³/mol. The van der Waals surface area contributed by atoms with E-state index in [2.05, 4.69) is 0 Å². The average molecular weight is 1160 g/mol. The summed E-state index contributed by atoms with van der Waals surface area (Å²) in [6.07, 6.45) is -36.6. The normalized spacial score (nSPS) is 51.1. The van der Waals surface area contributed by atoms with Crippen molar-refractivity contribution in [3.05, 3.63) is 0 Å². The number of carbonyl (C=O) groups excluding carboxylic acids is 3. The van der Waals surface area contributed by atoms with E-state index in [9.17, 15) is 96.1 Å². The highest BCUT2D eigenvalue weighted by molar-refractivity contribution is 5.91. The number of ketones is 1. The molecule has 29 heteroatoms. The van der Waals surface area contributed by atoms with Gasteiger partial charge in [0, 0.05) is 38.0 Å². The van der Waals surface area contributed by atoms with Crippen LogP contribution in [0.1, 0.15) is 83.5 Å². The van der Waals surface area contributed by atoms with Gasteiger partial charge in [0.25, 0.3) is 0 Å². The molecule has 0 aromatic carbocycles. The van der Waals surface area contributed by atoms with Crippen LogP contribution in [0.5, 0.6) is 0 Å². The van der Waals surface area contributed by atoms with Crippen molar-refractivity contribution in [3.63, 3.8) is 0 Å². The van der Waals surface area contributed by atoms with Crippen LogP contribution in [0.25, 0.3) is 0 Å². The van der Waals surface area contributed by atoms with Gasteiger partial charge in [-0.25, -0.2) is 0 Å². The second-order valence-electron chi connectivity index (χ2n) is 23.5. The Hall–Kier alpha value is -2.35. The van der Waals surface area contributed by atoms with Gasteiger partial charge in [-0.15, -0.1) is 0 Å². The summed E-state index contributed by atoms with van der Waals surface area (Å²) in [6.45, 7) is -2.34. The molecule has 5 heterocycles. The summed E-state index contributed by atoms with van der Waals surface area (Å²) in [5.74, 6) is -4.46. The number of aliphatic hydroxyl groups excluding tert-OH is 16. The van der Waals surface area contributed by atoms with Crippen molar-refractivity contribution in [2.45, 2.75) is 255 Å². The molecule has 9 rings (SSSR count). The topological polar surface area (TPSA) is 471 Å². The highest BCUT2D eigenvalue weighted by atomic mass is 16.7. The Balaban J connectivity index is 0.743. The first kappa shape index (κ1) is 62.2. The second kappa shape index (κ2) is 26.5. The fraction of sp³-hybridized carbons (Fsp3) is 0.941. The highest BCUT2D eigenvalue weighted by Crippen LogP contribution is 2.44. The zero-order valence-electron chi connectivity index (χ0n) is 43.8. The van der Waals surface area contributed by atoms with Gasteiger partial charge in [-0.05, 0) is 50.9 Å². The molecule has 5 saturated heterocycles. The summed E-state index contributed by atoms with van der Waals surface area (Å²) in [7, 11) is 0. The third-order valence-electron chi connectivity index (χ3n) is 18.0. The molecule has 0 amide bonds. The predicted octanol–water partition coefficient (Wildman–Crippen LogP) is -7.99. The number of rotatable bonds is 15. The standard InChI is InChI=1S/C51H80O29/c52-19-3-1-17(2-4-19)28-12-25(56)37-24(55)9-21(10-30(37)75-28)74-50-46(69)43(66)40(63)33(79-50)15-72-36(60)13-35(59)71-14-32-39(62)42(65)45(68)49(78-32)73-16-34-41(64)44(67)47(70)51(80-34)77-31-11-22-23(54)7-20(53)8-29(22)76-48(31)18-5-26(57)38(61)27(58)6-18/h17-24,26-34,37-55,57-58,61-70H,1-16H2/p+1. The van der Waals surface area contributed by atoms with Crippen LogP contribution in [0, 0.1) is 23.7 Å². The first-order chi connectivity index (χ1) is 37.9. The number of hydrogen-bond donors (Lipinski definition) is 16. The average Bonchev–Trinajstić information content (AvgIpc) is 3.53. The zero-order valence-corrected chi connectivity index (χ0v) is 43.8. The van der Waals surface area contributed by atoms with E-state index in [0.717, 1.165) is 0 Å². The van der Waals surface area contributed by atoms with Crippen molar-refractivity contribution in [1.29, 1.82) is 0 Å². The van der Waals surface area contributed by atoms with E-state index in [0.29, 0.717) is 25.7 Å². The van der Waals surface area contributed by atoms with E-state index in [1.807, 2.05) is 0 Å². The molecule has 80 heavy (non-hydrogen) atoms. The molecule has 9 aliphatic rings. The molecule has 0 aromatic rings. The Morgan fingerprint density at radius 2 is 1.01 bits per heavy atom. The molecular formula is C51H81O29+. The van der Waals surface area contributed by atoms with Gasteiger partial charge in [0.05, 0.1) is 73.4 Å². The van der Waals surface area contributed by atoms with Crippen LogP contribution in [0.15, 0.2) is 0 Å². The van der Waals surface area contributed by atoms with E-state index in [4.69, 9.17) is 47.4 Å². The van der Waals surface area contributed by atoms with Gasteiger partial charge in [-0.1, -0.05) is 0 Å². The van der Waals surface area contributed by atoms with Gasteiger partial charge in [-0.3, -0.25) is 14.4 Å². The molecule has 28 unspecified atom stereocenters. The molecule has 0 spiro atoms. The molecule has 458 valence electrons. The van der Waals surface area contributed by atoms with Crippen LogP contribution in [0.4, 0.5) is 0 Å². The molecule has 4 aliphatic carbocycles. The lowest BCUT2D eigenvalue weighted by molar-refractivity contribution is -0.363. The van der Waals surface area contributed by atoms with Gasteiger partial charge >= 0.3 is 11.9 Å². The van der Waals surface area contributed by atoms with E-state index in [1.165, 1.54) is 0 Å². The van der Waals surface area contributed by atoms with Crippen molar-refractivity contribution in [3.8, 4) is 0 Å². The van der Waals surface area contributed by atoms with Crippen LogP contribution in [-0.4, -0.2) is 295 Å². The number of Topliss-reactive ketones (excluding diaryl/α,β-unsaturated/α-hetero) is 1. The smallest absolute Gasteiger partial charge is 0.317 e. The summed E-state index contributed by atoms with van der Waals surface area (Å²) >= 11 is 0. The number of fused-ring (bicyclic) bond motifs is 2. The zero-order chi connectivity index (χ0) is 57.6. The third-order valence-corrected chi connectivity index (χ3v) is 18.0. The highest BCUT2D eigenvalue weighted by Gasteiger charge is 2.57. The van der Waals surface area contributed by atoms with Gasteiger partial charge in [0.2, 0.25) is 0 Å². The Kier molecular flexibility index (Phi) is 20.6. The lowest BCUT2D eigenvalue weighted by Crippen LogP contribution is -2.64. The second-order valence-corrected chi connectivity index (χ2v) is 23.5. The Labute approximate surface area is 458 Å². The number of carbonyl (C=O) groups is 3. The van der Waals surface area contributed by atoms with Crippen LogP contribution < -0.4 is 0 Å². The van der Waals surface area contributed by atoms with E-state index in [-0.39, 0.29) is 63.1 Å². The molecular weight excluding hydrogens is 1080 g/mol. The van der Waals surface area contributed by atoms with Crippen LogP contribution in [-0.2, 0) is 57.0 Å². The van der Waals surface area contributed by atoms with Crippen molar-refractivity contribution in [2.24, 2.45) is 23.7 Å². The van der Waals surface area contributed by atoms with Crippen LogP contribution in [0.2, 0.25) is 0 Å². The monoisotopic (exact) mass is 1160 g/mol. The maximum atomic E-state index is 13.2. The minimum Gasteiger partial charge on any atom is -0.462 e. The Morgan fingerprint density at radius 3 is 1.60 bits per heavy atom. The van der Waals surface area contributed by atoms with Crippen molar-refractivity contribution >= 4 is 17.7 Å². The summed E-state index contributed by atoms with van der Waals surface area (Å²) in [6, 6.07) is 0. The lowest BCUT2D eigenvalue weighted by Gasteiger charge is -2.49. The fourth-order valence-corrected chi connectivity index (χ4v) is 13.4.